The summed E-state index contributed by atoms with van der Waals surface area (Å²) in [4.78, 5) is 63.2. The number of benzene rings is 1. The molecule has 0 spiro atoms. The van der Waals surface area contributed by atoms with Crippen molar-refractivity contribution in [3.05, 3.63) is 18.2 Å². The summed E-state index contributed by atoms with van der Waals surface area (Å²) in [5, 5.41) is 3.41. The van der Waals surface area contributed by atoms with Crippen LogP contribution in [-0.2, 0) is 23.9 Å². The summed E-state index contributed by atoms with van der Waals surface area (Å²) in [5.41, 5.74) is -0.814. The van der Waals surface area contributed by atoms with Gasteiger partial charge in [0.25, 0.3) is 5.91 Å². The fourth-order valence-corrected chi connectivity index (χ4v) is 7.83. The number of carbonyl (C=O) groups is 4. The molecular weight excluding hydrogens is 638 g/mol. The van der Waals surface area contributed by atoms with Gasteiger partial charge in [-0.2, -0.15) is 0 Å². The summed E-state index contributed by atoms with van der Waals surface area (Å²) < 4.78 is 17.2. The minimum Gasteiger partial charge on any atom is -0.476 e. The van der Waals surface area contributed by atoms with Gasteiger partial charge >= 0.3 is 6.09 Å². The fourth-order valence-electron chi connectivity index (χ4n) is 7.83. The lowest BCUT2D eigenvalue weighted by Gasteiger charge is -2.41. The molecule has 4 amide bonds. The number of amides is 4. The Kier molecular flexibility index (Phi) is 11.1. The fraction of sp³-hybridized carbons (Fsp3) is 0.737. The molecule has 1 unspecified atom stereocenters. The van der Waals surface area contributed by atoms with Crippen molar-refractivity contribution < 1.29 is 33.4 Å². The number of likely N-dealkylation sites (N-methyl/N-ethyl adjacent to an activating group) is 1. The van der Waals surface area contributed by atoms with Gasteiger partial charge in [0.2, 0.25) is 11.8 Å². The van der Waals surface area contributed by atoms with Crippen LogP contribution in [0.25, 0.3) is 0 Å². The van der Waals surface area contributed by atoms with Gasteiger partial charge in [-0.15, -0.1) is 0 Å². The van der Waals surface area contributed by atoms with Crippen LogP contribution in [0.15, 0.2) is 18.2 Å². The summed E-state index contributed by atoms with van der Waals surface area (Å²) in [5.74, 6) is -0.626. The Labute approximate surface area is 298 Å². The van der Waals surface area contributed by atoms with Gasteiger partial charge in [-0.1, -0.05) is 13.8 Å². The predicted molar refractivity (Wildman–Crippen MR) is 192 cm³/mol. The minimum absolute atomic E-state index is 0.00772. The third-order valence-electron chi connectivity index (χ3n) is 10.1. The molecule has 0 bridgehead atoms. The quantitative estimate of drug-likeness (QED) is 0.327. The number of methoxy groups -OCH3 is 1. The molecule has 3 atom stereocenters. The van der Waals surface area contributed by atoms with Crippen LogP contribution in [-0.4, -0.2) is 110 Å². The number of hydrogen-bond donors (Lipinski definition) is 1. The van der Waals surface area contributed by atoms with Crippen molar-refractivity contribution >= 4 is 35.2 Å². The maximum Gasteiger partial charge on any atom is 0.410 e. The highest BCUT2D eigenvalue weighted by Crippen LogP contribution is 2.43. The van der Waals surface area contributed by atoms with E-state index in [1.165, 1.54) is 0 Å². The van der Waals surface area contributed by atoms with Gasteiger partial charge in [0.05, 0.1) is 23.1 Å². The van der Waals surface area contributed by atoms with E-state index < -0.39 is 29.1 Å². The number of ether oxygens (including phenoxy) is 3. The van der Waals surface area contributed by atoms with Crippen LogP contribution < -0.4 is 19.9 Å². The number of nitrogens with one attached hydrogen (secondary N) is 1. The topological polar surface area (TPSA) is 121 Å². The van der Waals surface area contributed by atoms with Crippen molar-refractivity contribution in [2.45, 2.75) is 110 Å². The first-order valence-corrected chi connectivity index (χ1v) is 18.4. The lowest BCUT2D eigenvalue weighted by Crippen LogP contribution is -2.57. The van der Waals surface area contributed by atoms with Crippen LogP contribution in [0, 0.1) is 17.8 Å². The SMILES string of the molecule is COCCCN1C(=O)C(C)(C)Oc2ccc(N(C(=O)[C@@H]3C[C@H](C(=O)NC4(CC(C)C)CCN(C)C4)CN(C(=O)OC(C)(C)C)C3)C3CC3)cc21. The number of anilines is 2. The summed E-state index contributed by atoms with van der Waals surface area (Å²) in [7, 11) is 3.71. The van der Waals surface area contributed by atoms with Crippen molar-refractivity contribution in [2.24, 2.45) is 17.8 Å². The molecule has 12 nitrogen and oxygen atoms in total. The van der Waals surface area contributed by atoms with Crippen molar-refractivity contribution in [2.75, 3.05) is 63.3 Å². The van der Waals surface area contributed by atoms with Crippen LogP contribution in [0.3, 0.4) is 0 Å². The second-order valence-electron chi connectivity index (χ2n) is 16.9. The number of likely N-dealkylation sites (tertiary alicyclic amines) is 2. The van der Waals surface area contributed by atoms with Crippen molar-refractivity contribution in [1.29, 1.82) is 0 Å². The molecule has 3 fully saturated rings. The first-order valence-electron chi connectivity index (χ1n) is 18.4. The van der Waals surface area contributed by atoms with Gasteiger partial charge in [-0.3, -0.25) is 14.4 Å². The molecule has 1 N–H and O–H groups in total. The second-order valence-corrected chi connectivity index (χ2v) is 16.9. The third kappa shape index (κ3) is 8.73. The van der Waals surface area contributed by atoms with Crippen LogP contribution in [0.4, 0.5) is 16.2 Å². The molecule has 0 radical (unpaired) electrons. The Morgan fingerprint density at radius 3 is 2.42 bits per heavy atom. The Bertz CT molecular complexity index is 1440. The maximum absolute atomic E-state index is 14.7. The molecule has 1 saturated carbocycles. The molecule has 1 aliphatic carbocycles. The van der Waals surface area contributed by atoms with Gasteiger partial charge in [-0.05, 0) is 104 Å². The number of rotatable bonds is 11. The number of hydrogen-bond acceptors (Lipinski definition) is 8. The summed E-state index contributed by atoms with van der Waals surface area (Å²) in [6.45, 7) is 16.3. The Morgan fingerprint density at radius 2 is 1.82 bits per heavy atom. The lowest BCUT2D eigenvalue weighted by atomic mass is 9.84. The molecule has 1 aromatic rings. The molecule has 3 heterocycles. The van der Waals surface area contributed by atoms with E-state index in [4.69, 9.17) is 14.2 Å². The molecule has 278 valence electrons. The standard InChI is InChI=1S/C38H59N5O7/c1-25(2)21-38(15-17-40(8)24-38)39-32(44)26-19-27(23-41(22-26)35(47)50-36(3,4)5)33(45)43(28-11-12-28)29-13-14-31-30(20-29)42(16-10-18-48-9)34(46)37(6,7)49-31/h13-14,20,25-28H,10-12,15-19,21-24H2,1-9H3,(H,39,44)/t26-,27+,38?/m0/s1. The van der Waals surface area contributed by atoms with E-state index in [0.717, 1.165) is 38.8 Å². The average Bonchev–Trinajstić information content (AvgIpc) is 3.79. The molecule has 3 aliphatic heterocycles. The Balaban J connectivity index is 1.44. The number of nitrogens with zero attached hydrogens (tertiary/aromatic N) is 4. The number of fused-ring (bicyclic) bond motifs is 1. The first kappa shape index (κ1) is 37.9. The van der Waals surface area contributed by atoms with E-state index >= 15 is 0 Å². The van der Waals surface area contributed by atoms with E-state index in [9.17, 15) is 19.2 Å². The number of carbonyl (C=O) groups excluding carboxylic acids is 4. The zero-order valence-corrected chi connectivity index (χ0v) is 31.7. The molecular formula is C38H59N5O7. The van der Waals surface area contributed by atoms with E-state index in [1.807, 2.05) is 43.9 Å². The zero-order chi connectivity index (χ0) is 36.6. The molecule has 2 saturated heterocycles. The van der Waals surface area contributed by atoms with E-state index in [1.54, 1.807) is 30.8 Å². The number of piperidine rings is 1. The minimum atomic E-state index is -1.03. The highest BCUT2D eigenvalue weighted by atomic mass is 16.6. The van der Waals surface area contributed by atoms with E-state index in [2.05, 4.69) is 31.1 Å². The monoisotopic (exact) mass is 697 g/mol. The first-order chi connectivity index (χ1) is 23.4. The molecule has 50 heavy (non-hydrogen) atoms. The van der Waals surface area contributed by atoms with E-state index in [-0.39, 0.29) is 42.4 Å². The highest BCUT2D eigenvalue weighted by molar-refractivity contribution is 6.04. The van der Waals surface area contributed by atoms with Crippen molar-refractivity contribution in [3.8, 4) is 5.75 Å². The molecule has 5 rings (SSSR count). The van der Waals surface area contributed by atoms with Crippen LogP contribution in [0.1, 0.15) is 87.0 Å². The maximum atomic E-state index is 14.7. The van der Waals surface area contributed by atoms with Crippen molar-refractivity contribution in [1.82, 2.24) is 15.1 Å². The average molecular weight is 698 g/mol. The normalized spacial score (nSPS) is 25.3. The van der Waals surface area contributed by atoms with Crippen LogP contribution in [0.2, 0.25) is 0 Å². The molecule has 0 aromatic heterocycles. The predicted octanol–water partition coefficient (Wildman–Crippen LogP) is 4.83. The second kappa shape index (κ2) is 14.7. The summed E-state index contributed by atoms with van der Waals surface area (Å²) in [6.07, 6.45) is 3.85. The van der Waals surface area contributed by atoms with Crippen LogP contribution >= 0.6 is 0 Å². The highest BCUT2D eigenvalue weighted by Gasteiger charge is 2.47. The van der Waals surface area contributed by atoms with Gasteiger partial charge in [0.1, 0.15) is 11.4 Å². The Morgan fingerprint density at radius 1 is 1.12 bits per heavy atom. The van der Waals surface area contributed by atoms with Gasteiger partial charge in [0.15, 0.2) is 5.60 Å². The summed E-state index contributed by atoms with van der Waals surface area (Å²) in [6, 6.07) is 5.57. The molecule has 4 aliphatic rings. The Hall–Kier alpha value is -3.38. The molecule has 12 heteroatoms. The smallest absolute Gasteiger partial charge is 0.410 e. The zero-order valence-electron chi connectivity index (χ0n) is 31.7. The van der Waals surface area contributed by atoms with Gasteiger partial charge < -0.3 is 39.1 Å². The van der Waals surface area contributed by atoms with Crippen LogP contribution in [0.5, 0.6) is 5.75 Å². The van der Waals surface area contributed by atoms with Gasteiger partial charge in [-0.25, -0.2) is 4.79 Å². The summed E-state index contributed by atoms with van der Waals surface area (Å²) >= 11 is 0. The van der Waals surface area contributed by atoms with Crippen molar-refractivity contribution in [3.63, 3.8) is 0 Å². The van der Waals surface area contributed by atoms with Gasteiger partial charge in [0, 0.05) is 58.2 Å². The third-order valence-corrected chi connectivity index (χ3v) is 10.1. The lowest BCUT2D eigenvalue weighted by molar-refractivity contribution is -0.133. The van der Waals surface area contributed by atoms with E-state index in [0.29, 0.717) is 49.0 Å². The largest absolute Gasteiger partial charge is 0.476 e. The molecule has 1 aromatic carbocycles.